The minimum absolute atomic E-state index is 0.0612. The van der Waals surface area contributed by atoms with Crippen molar-refractivity contribution in [2.75, 3.05) is 0 Å². The van der Waals surface area contributed by atoms with E-state index in [0.717, 1.165) is 6.07 Å². The van der Waals surface area contributed by atoms with Gasteiger partial charge in [-0.25, -0.2) is 23.7 Å². The van der Waals surface area contributed by atoms with Crippen molar-refractivity contribution in [2.24, 2.45) is 0 Å². The van der Waals surface area contributed by atoms with E-state index in [-0.39, 0.29) is 16.5 Å². The molecule has 0 N–H and O–H groups in total. The summed E-state index contributed by atoms with van der Waals surface area (Å²) in [5.41, 5.74) is 1.65. The summed E-state index contributed by atoms with van der Waals surface area (Å²) in [4.78, 5) is 12.8. The molecule has 0 aliphatic carbocycles. The van der Waals surface area contributed by atoms with E-state index >= 15 is 0 Å². The number of hydrogen-bond acceptors (Lipinski definition) is 3. The zero-order chi connectivity index (χ0) is 16.3. The Bertz CT molecular complexity index is 1090. The van der Waals surface area contributed by atoms with Gasteiger partial charge in [-0.1, -0.05) is 11.6 Å². The minimum Gasteiger partial charge on any atom is -0.322 e. The number of aromatic nitrogens is 4. The largest absolute Gasteiger partial charge is 0.322 e. The molecule has 1 aromatic carbocycles. The van der Waals surface area contributed by atoms with Crippen molar-refractivity contribution in [1.82, 2.24) is 19.5 Å². The first kappa shape index (κ1) is 14.3. The molecule has 4 nitrogen and oxygen atoms in total. The molecule has 4 rings (SSSR count). The molecule has 0 fully saturated rings. The second-order valence-corrected chi connectivity index (χ2v) is 5.98. The number of benzene rings is 1. The molecule has 0 amide bonds. The lowest BCUT2D eigenvalue weighted by molar-refractivity contribution is 0.587. The van der Waals surface area contributed by atoms with E-state index in [1.54, 1.807) is 4.57 Å². The van der Waals surface area contributed by atoms with Gasteiger partial charge in [-0.15, -0.1) is 0 Å². The number of rotatable bonds is 1. The van der Waals surface area contributed by atoms with Gasteiger partial charge in [0, 0.05) is 29.9 Å². The standard InChI is InChI=1S/C16H11ClF2N4/c1-7(2)23-10-6-8(18)5-9(19)11(10)12-13(17)14-15(22-16(12)23)21-4-3-20-14/h3-7H,1-2H3. The van der Waals surface area contributed by atoms with Crippen molar-refractivity contribution in [2.45, 2.75) is 19.9 Å². The first-order valence-electron chi connectivity index (χ1n) is 7.08. The van der Waals surface area contributed by atoms with Crippen LogP contribution in [0.15, 0.2) is 24.5 Å². The Labute approximate surface area is 134 Å². The maximum Gasteiger partial charge on any atom is 0.181 e. The van der Waals surface area contributed by atoms with Crippen LogP contribution in [0.1, 0.15) is 19.9 Å². The molecule has 116 valence electrons. The van der Waals surface area contributed by atoms with Gasteiger partial charge in [0.1, 0.15) is 22.8 Å². The van der Waals surface area contributed by atoms with Crippen molar-refractivity contribution in [3.05, 3.63) is 41.2 Å². The van der Waals surface area contributed by atoms with Crippen LogP contribution in [0.3, 0.4) is 0 Å². The Morgan fingerprint density at radius 1 is 1.09 bits per heavy atom. The Morgan fingerprint density at radius 2 is 1.83 bits per heavy atom. The third-order valence-corrected chi connectivity index (χ3v) is 4.20. The van der Waals surface area contributed by atoms with Crippen molar-refractivity contribution in [1.29, 1.82) is 0 Å². The maximum atomic E-state index is 14.5. The normalized spacial score (nSPS) is 12.1. The Kier molecular flexibility index (Phi) is 2.99. The average molecular weight is 333 g/mol. The quantitative estimate of drug-likeness (QED) is 0.510. The lowest BCUT2D eigenvalue weighted by atomic mass is 10.1. The third kappa shape index (κ3) is 1.91. The number of pyridine rings is 1. The van der Waals surface area contributed by atoms with Crippen LogP contribution in [0.25, 0.3) is 33.1 Å². The summed E-state index contributed by atoms with van der Waals surface area (Å²) in [6.45, 7) is 3.83. The second kappa shape index (κ2) is 4.83. The summed E-state index contributed by atoms with van der Waals surface area (Å²) in [6.07, 6.45) is 3.01. The first-order valence-corrected chi connectivity index (χ1v) is 7.45. The van der Waals surface area contributed by atoms with E-state index in [4.69, 9.17) is 11.6 Å². The van der Waals surface area contributed by atoms with E-state index in [2.05, 4.69) is 15.0 Å². The zero-order valence-corrected chi connectivity index (χ0v) is 13.1. The van der Waals surface area contributed by atoms with E-state index in [1.165, 1.54) is 18.5 Å². The van der Waals surface area contributed by atoms with Gasteiger partial charge in [0.2, 0.25) is 0 Å². The molecular formula is C16H11ClF2N4. The highest BCUT2D eigenvalue weighted by atomic mass is 35.5. The maximum absolute atomic E-state index is 14.5. The van der Waals surface area contributed by atoms with Crippen molar-refractivity contribution in [3.8, 4) is 0 Å². The van der Waals surface area contributed by atoms with Gasteiger partial charge < -0.3 is 4.57 Å². The Hall–Kier alpha value is -2.34. The van der Waals surface area contributed by atoms with Crippen molar-refractivity contribution >= 4 is 44.7 Å². The summed E-state index contributed by atoms with van der Waals surface area (Å²) < 4.78 is 29.9. The van der Waals surface area contributed by atoms with Crippen LogP contribution in [-0.2, 0) is 0 Å². The van der Waals surface area contributed by atoms with E-state index in [1.807, 2.05) is 13.8 Å². The molecule has 0 aliphatic heterocycles. The molecule has 0 bridgehead atoms. The summed E-state index contributed by atoms with van der Waals surface area (Å²) in [6, 6.07) is 2.08. The highest BCUT2D eigenvalue weighted by molar-refractivity contribution is 6.42. The topological polar surface area (TPSA) is 43.6 Å². The fourth-order valence-electron chi connectivity index (χ4n) is 2.97. The molecule has 0 saturated heterocycles. The SMILES string of the molecule is CC(C)n1c2cc(F)cc(F)c2c2c(Cl)c3nccnc3nc21. The molecule has 0 unspecified atom stereocenters. The van der Waals surface area contributed by atoms with Crippen LogP contribution in [0.5, 0.6) is 0 Å². The van der Waals surface area contributed by atoms with Gasteiger partial charge in [-0.2, -0.15) is 0 Å². The molecule has 23 heavy (non-hydrogen) atoms. The molecule has 0 spiro atoms. The molecular weight excluding hydrogens is 322 g/mol. The van der Waals surface area contributed by atoms with Crippen LogP contribution in [-0.4, -0.2) is 19.5 Å². The van der Waals surface area contributed by atoms with Gasteiger partial charge in [0.25, 0.3) is 0 Å². The van der Waals surface area contributed by atoms with Gasteiger partial charge in [0.05, 0.1) is 15.9 Å². The van der Waals surface area contributed by atoms with Crippen molar-refractivity contribution < 1.29 is 8.78 Å². The first-order chi connectivity index (χ1) is 11.0. The number of halogens is 3. The number of hydrogen-bond donors (Lipinski definition) is 0. The van der Waals surface area contributed by atoms with E-state index in [9.17, 15) is 8.78 Å². The smallest absolute Gasteiger partial charge is 0.181 e. The minimum atomic E-state index is -0.670. The van der Waals surface area contributed by atoms with Crippen LogP contribution in [0, 0.1) is 11.6 Å². The number of nitrogens with zero attached hydrogens (tertiary/aromatic N) is 4. The lowest BCUT2D eigenvalue weighted by Gasteiger charge is -2.11. The average Bonchev–Trinajstić information content (AvgIpc) is 2.81. The fourth-order valence-corrected chi connectivity index (χ4v) is 3.28. The van der Waals surface area contributed by atoms with Gasteiger partial charge in [-0.05, 0) is 19.9 Å². The Balaban J connectivity index is 2.37. The summed E-state index contributed by atoms with van der Waals surface area (Å²) in [5, 5.41) is 0.953. The predicted molar refractivity (Wildman–Crippen MR) is 85.6 cm³/mol. The van der Waals surface area contributed by atoms with Crippen LogP contribution in [0.2, 0.25) is 5.02 Å². The van der Waals surface area contributed by atoms with Gasteiger partial charge in [0.15, 0.2) is 5.65 Å². The Morgan fingerprint density at radius 3 is 2.57 bits per heavy atom. The molecule has 7 heteroatoms. The molecule has 3 aromatic heterocycles. The van der Waals surface area contributed by atoms with Gasteiger partial charge in [-0.3, -0.25) is 0 Å². The van der Waals surface area contributed by atoms with Crippen molar-refractivity contribution in [3.63, 3.8) is 0 Å². The molecule has 0 radical (unpaired) electrons. The number of fused-ring (bicyclic) bond motifs is 4. The molecule has 3 heterocycles. The predicted octanol–water partition coefficient (Wildman–Crippen LogP) is 4.65. The monoisotopic (exact) mass is 332 g/mol. The van der Waals surface area contributed by atoms with E-state index < -0.39 is 11.6 Å². The molecule has 0 aliphatic rings. The van der Waals surface area contributed by atoms with Crippen LogP contribution >= 0.6 is 11.6 Å². The molecule has 0 saturated carbocycles. The van der Waals surface area contributed by atoms with E-state index in [0.29, 0.717) is 27.7 Å². The highest BCUT2D eigenvalue weighted by Crippen LogP contribution is 2.39. The van der Waals surface area contributed by atoms with Gasteiger partial charge >= 0.3 is 0 Å². The van der Waals surface area contributed by atoms with Crippen LogP contribution in [0.4, 0.5) is 8.78 Å². The molecule has 0 atom stereocenters. The van der Waals surface area contributed by atoms with Crippen LogP contribution < -0.4 is 0 Å². The second-order valence-electron chi connectivity index (χ2n) is 5.60. The molecule has 4 aromatic rings. The third-order valence-electron chi connectivity index (χ3n) is 3.83. The summed E-state index contributed by atoms with van der Waals surface area (Å²) >= 11 is 6.47. The summed E-state index contributed by atoms with van der Waals surface area (Å²) in [5.74, 6) is -1.31. The fraction of sp³-hybridized carbons (Fsp3) is 0.188. The highest BCUT2D eigenvalue weighted by Gasteiger charge is 2.22. The summed E-state index contributed by atoms with van der Waals surface area (Å²) in [7, 11) is 0. The lowest BCUT2D eigenvalue weighted by Crippen LogP contribution is -2.02. The zero-order valence-electron chi connectivity index (χ0n) is 12.3.